The lowest BCUT2D eigenvalue weighted by Crippen LogP contribution is -2.26. The number of guanidine groups is 2. The van der Waals surface area contributed by atoms with Crippen LogP contribution in [0.5, 0.6) is 0 Å². The molecule has 0 spiro atoms. The molecule has 0 fully saturated rings. The molecule has 1 rings (SSSR count). The quantitative estimate of drug-likeness (QED) is 0.419. The van der Waals surface area contributed by atoms with Gasteiger partial charge in [0.15, 0.2) is 5.96 Å². The second-order valence-electron chi connectivity index (χ2n) is 5.06. The van der Waals surface area contributed by atoms with Crippen molar-refractivity contribution in [3.05, 3.63) is 29.8 Å². The standard InChI is InChI=1S/C13H19N5O2/c1-13(2,3)20-10(19)8-4-6-9(7-5-8)17-12(16)18-11(14)15/h4-7H,1-3H3,(H6,14,15,16,17,18). The average molecular weight is 277 g/mol. The van der Waals surface area contributed by atoms with Crippen molar-refractivity contribution in [1.29, 1.82) is 0 Å². The Labute approximate surface area is 117 Å². The van der Waals surface area contributed by atoms with Gasteiger partial charge >= 0.3 is 5.97 Å². The van der Waals surface area contributed by atoms with Crippen molar-refractivity contribution in [3.63, 3.8) is 0 Å². The normalized spacial score (nSPS) is 11.8. The molecule has 0 heterocycles. The van der Waals surface area contributed by atoms with Gasteiger partial charge in [0.1, 0.15) is 5.60 Å². The molecule has 0 atom stereocenters. The van der Waals surface area contributed by atoms with Gasteiger partial charge in [0.25, 0.3) is 0 Å². The Bertz CT molecular complexity index is 537. The molecule has 7 nitrogen and oxygen atoms in total. The van der Waals surface area contributed by atoms with E-state index in [2.05, 4.69) is 9.98 Å². The van der Waals surface area contributed by atoms with E-state index in [-0.39, 0.29) is 11.9 Å². The number of nitrogens with zero attached hydrogens (tertiary/aromatic N) is 2. The molecule has 0 aliphatic heterocycles. The van der Waals surface area contributed by atoms with Gasteiger partial charge in [-0.25, -0.2) is 9.79 Å². The largest absolute Gasteiger partial charge is 0.456 e. The van der Waals surface area contributed by atoms with Gasteiger partial charge in [-0.05, 0) is 45.0 Å². The van der Waals surface area contributed by atoms with Crippen molar-refractivity contribution in [3.8, 4) is 0 Å². The Morgan fingerprint density at radius 2 is 1.65 bits per heavy atom. The molecule has 0 aromatic heterocycles. The first-order valence-corrected chi connectivity index (χ1v) is 5.94. The molecule has 20 heavy (non-hydrogen) atoms. The van der Waals surface area contributed by atoms with E-state index in [1.54, 1.807) is 45.0 Å². The van der Waals surface area contributed by atoms with E-state index in [0.717, 1.165) is 0 Å². The first kappa shape index (κ1) is 15.5. The summed E-state index contributed by atoms with van der Waals surface area (Å²) in [5.41, 5.74) is 16.3. The maximum absolute atomic E-state index is 11.8. The fraction of sp³-hybridized carbons (Fsp3) is 0.308. The van der Waals surface area contributed by atoms with E-state index in [9.17, 15) is 4.79 Å². The molecule has 1 aromatic rings. The summed E-state index contributed by atoms with van der Waals surface area (Å²) in [7, 11) is 0. The summed E-state index contributed by atoms with van der Waals surface area (Å²) in [6.07, 6.45) is 0. The molecule has 0 saturated carbocycles. The van der Waals surface area contributed by atoms with Crippen LogP contribution in [0.4, 0.5) is 5.69 Å². The van der Waals surface area contributed by atoms with Crippen LogP contribution in [-0.4, -0.2) is 23.5 Å². The zero-order valence-corrected chi connectivity index (χ0v) is 11.8. The number of nitrogens with two attached hydrogens (primary N) is 3. The molecule has 6 N–H and O–H groups in total. The summed E-state index contributed by atoms with van der Waals surface area (Å²) in [5, 5.41) is 0. The zero-order chi connectivity index (χ0) is 15.3. The fourth-order valence-electron chi connectivity index (χ4n) is 1.30. The highest BCUT2D eigenvalue weighted by atomic mass is 16.6. The Morgan fingerprint density at radius 1 is 1.10 bits per heavy atom. The van der Waals surface area contributed by atoms with Crippen LogP contribution in [-0.2, 0) is 4.74 Å². The van der Waals surface area contributed by atoms with E-state index in [4.69, 9.17) is 21.9 Å². The van der Waals surface area contributed by atoms with Gasteiger partial charge in [0, 0.05) is 0 Å². The number of carbonyl (C=O) groups excluding carboxylic acids is 1. The molecule has 1 aromatic carbocycles. The van der Waals surface area contributed by atoms with Gasteiger partial charge in [-0.15, -0.1) is 0 Å². The molecule has 0 aliphatic carbocycles. The molecular formula is C13H19N5O2. The van der Waals surface area contributed by atoms with E-state index < -0.39 is 11.6 Å². The van der Waals surface area contributed by atoms with Crippen LogP contribution in [0.2, 0.25) is 0 Å². The summed E-state index contributed by atoms with van der Waals surface area (Å²) in [5.74, 6) is -0.628. The van der Waals surface area contributed by atoms with Crippen LogP contribution in [0.1, 0.15) is 31.1 Å². The number of carbonyl (C=O) groups is 1. The van der Waals surface area contributed by atoms with Gasteiger partial charge in [-0.2, -0.15) is 4.99 Å². The van der Waals surface area contributed by atoms with Crippen molar-refractivity contribution in [2.45, 2.75) is 26.4 Å². The maximum Gasteiger partial charge on any atom is 0.338 e. The predicted octanol–water partition coefficient (Wildman–Crippen LogP) is 0.862. The highest BCUT2D eigenvalue weighted by Gasteiger charge is 2.17. The number of ether oxygens (including phenoxy) is 1. The number of hydrogen-bond acceptors (Lipinski definition) is 3. The molecular weight excluding hydrogens is 258 g/mol. The highest BCUT2D eigenvalue weighted by molar-refractivity contribution is 5.94. The zero-order valence-electron chi connectivity index (χ0n) is 11.8. The van der Waals surface area contributed by atoms with E-state index >= 15 is 0 Å². The summed E-state index contributed by atoms with van der Waals surface area (Å²) in [6, 6.07) is 6.42. The lowest BCUT2D eigenvalue weighted by atomic mass is 10.1. The smallest absolute Gasteiger partial charge is 0.338 e. The summed E-state index contributed by atoms with van der Waals surface area (Å²) in [4.78, 5) is 19.4. The topological polar surface area (TPSA) is 129 Å². The lowest BCUT2D eigenvalue weighted by Gasteiger charge is -2.19. The molecule has 0 unspecified atom stereocenters. The molecule has 7 heteroatoms. The number of benzene rings is 1. The number of rotatable bonds is 2. The number of aliphatic imine (C=N–C) groups is 2. The second kappa shape index (κ2) is 6.05. The summed E-state index contributed by atoms with van der Waals surface area (Å²) >= 11 is 0. The number of hydrogen-bond donors (Lipinski definition) is 3. The Kier molecular flexibility index (Phi) is 4.68. The highest BCUT2D eigenvalue weighted by Crippen LogP contribution is 2.16. The predicted molar refractivity (Wildman–Crippen MR) is 78.7 cm³/mol. The van der Waals surface area contributed by atoms with Gasteiger partial charge in [0.2, 0.25) is 5.96 Å². The van der Waals surface area contributed by atoms with Crippen molar-refractivity contribution >= 4 is 23.6 Å². The Balaban J connectivity index is 2.84. The van der Waals surface area contributed by atoms with Crippen molar-refractivity contribution < 1.29 is 9.53 Å². The molecule has 0 amide bonds. The summed E-state index contributed by atoms with van der Waals surface area (Å²) < 4.78 is 5.24. The van der Waals surface area contributed by atoms with E-state index in [1.807, 2.05) is 0 Å². The van der Waals surface area contributed by atoms with Crippen molar-refractivity contribution in [1.82, 2.24) is 0 Å². The first-order valence-electron chi connectivity index (χ1n) is 5.94. The fourth-order valence-corrected chi connectivity index (χ4v) is 1.30. The lowest BCUT2D eigenvalue weighted by molar-refractivity contribution is 0.00696. The third kappa shape index (κ3) is 5.38. The Hall–Kier alpha value is -2.57. The Morgan fingerprint density at radius 3 is 2.10 bits per heavy atom. The van der Waals surface area contributed by atoms with E-state index in [0.29, 0.717) is 11.3 Å². The minimum absolute atomic E-state index is 0.0602. The van der Waals surface area contributed by atoms with Gasteiger partial charge in [-0.1, -0.05) is 0 Å². The SMILES string of the molecule is CC(C)(C)OC(=O)c1ccc(N=C(N)N=C(N)N)cc1. The first-order chi connectivity index (χ1) is 9.17. The van der Waals surface area contributed by atoms with Gasteiger partial charge in [-0.3, -0.25) is 0 Å². The molecule has 0 saturated heterocycles. The average Bonchev–Trinajstić information content (AvgIpc) is 2.26. The molecule has 108 valence electrons. The number of esters is 1. The van der Waals surface area contributed by atoms with Crippen LogP contribution in [0.25, 0.3) is 0 Å². The van der Waals surface area contributed by atoms with Crippen LogP contribution < -0.4 is 17.2 Å². The van der Waals surface area contributed by atoms with E-state index in [1.165, 1.54) is 0 Å². The van der Waals surface area contributed by atoms with Crippen LogP contribution in [0.3, 0.4) is 0 Å². The van der Waals surface area contributed by atoms with Crippen LogP contribution in [0.15, 0.2) is 34.3 Å². The maximum atomic E-state index is 11.8. The van der Waals surface area contributed by atoms with Gasteiger partial charge in [0.05, 0.1) is 11.3 Å². The minimum atomic E-state index is -0.536. The molecule has 0 bridgehead atoms. The second-order valence-corrected chi connectivity index (χ2v) is 5.06. The molecule has 0 aliphatic rings. The van der Waals surface area contributed by atoms with Crippen molar-refractivity contribution in [2.24, 2.45) is 27.2 Å². The van der Waals surface area contributed by atoms with Crippen molar-refractivity contribution in [2.75, 3.05) is 0 Å². The third-order valence-corrected chi connectivity index (χ3v) is 1.99. The summed E-state index contributed by atoms with van der Waals surface area (Å²) in [6.45, 7) is 5.42. The van der Waals surface area contributed by atoms with Crippen LogP contribution in [0, 0.1) is 0 Å². The monoisotopic (exact) mass is 277 g/mol. The van der Waals surface area contributed by atoms with Crippen LogP contribution >= 0.6 is 0 Å². The van der Waals surface area contributed by atoms with Gasteiger partial charge < -0.3 is 21.9 Å². The molecule has 0 radical (unpaired) electrons. The minimum Gasteiger partial charge on any atom is -0.456 e. The third-order valence-electron chi connectivity index (χ3n) is 1.99.